The monoisotopic (exact) mass is 424 g/mol. The van der Waals surface area contributed by atoms with Gasteiger partial charge in [-0.3, -0.25) is 0 Å². The summed E-state index contributed by atoms with van der Waals surface area (Å²) in [5.74, 6) is 3.49. The number of rotatable bonds is 16. The van der Waals surface area contributed by atoms with Gasteiger partial charge in [0, 0.05) is 6.61 Å². The number of hydrogen-bond acceptors (Lipinski definition) is 2. The third kappa shape index (κ3) is 12.7. The van der Waals surface area contributed by atoms with E-state index in [9.17, 15) is 0 Å². The lowest BCUT2D eigenvalue weighted by molar-refractivity contribution is -0.109. The lowest BCUT2D eigenvalue weighted by atomic mass is 9.77. The fourth-order valence-corrected chi connectivity index (χ4v) is 5.00. The van der Waals surface area contributed by atoms with Crippen molar-refractivity contribution in [2.75, 3.05) is 6.61 Å². The summed E-state index contributed by atoms with van der Waals surface area (Å²) in [4.78, 5) is 0. The molecule has 0 bridgehead atoms. The quantitative estimate of drug-likeness (QED) is 0.246. The topological polar surface area (TPSA) is 18.5 Å². The molecule has 0 radical (unpaired) electrons. The van der Waals surface area contributed by atoms with Gasteiger partial charge in [-0.25, -0.2) is 0 Å². The molecule has 1 aliphatic rings. The van der Waals surface area contributed by atoms with Crippen molar-refractivity contribution in [1.29, 1.82) is 0 Å². The maximum atomic E-state index is 6.51. The predicted octanol–water partition coefficient (Wildman–Crippen LogP) is 8.81. The maximum absolute atomic E-state index is 6.51. The van der Waals surface area contributed by atoms with Crippen LogP contribution in [0.5, 0.6) is 0 Å². The van der Waals surface area contributed by atoms with Crippen LogP contribution in [-0.2, 0) is 9.47 Å². The van der Waals surface area contributed by atoms with Gasteiger partial charge in [-0.2, -0.15) is 0 Å². The van der Waals surface area contributed by atoms with Crippen LogP contribution in [0.3, 0.4) is 0 Å². The van der Waals surface area contributed by atoms with Gasteiger partial charge in [0.25, 0.3) is 0 Å². The van der Waals surface area contributed by atoms with Crippen molar-refractivity contribution in [2.45, 2.75) is 150 Å². The molecule has 2 nitrogen and oxygen atoms in total. The van der Waals surface area contributed by atoms with Crippen LogP contribution in [0.2, 0.25) is 0 Å². The lowest BCUT2D eigenvalue weighted by Crippen LogP contribution is -2.36. The summed E-state index contributed by atoms with van der Waals surface area (Å²) >= 11 is 0. The number of hydrogen-bond donors (Lipinski definition) is 0. The summed E-state index contributed by atoms with van der Waals surface area (Å²) in [5.41, 5.74) is -0.0879. The van der Waals surface area contributed by atoms with Gasteiger partial charge < -0.3 is 9.47 Å². The molecular weight excluding hydrogens is 368 g/mol. The van der Waals surface area contributed by atoms with Gasteiger partial charge in [0.2, 0.25) is 0 Å². The van der Waals surface area contributed by atoms with Crippen molar-refractivity contribution < 1.29 is 9.47 Å². The Morgan fingerprint density at radius 3 is 2.10 bits per heavy atom. The van der Waals surface area contributed by atoms with E-state index in [2.05, 4.69) is 55.4 Å². The van der Waals surface area contributed by atoms with E-state index in [4.69, 9.17) is 9.47 Å². The molecule has 1 saturated carbocycles. The van der Waals surface area contributed by atoms with Crippen molar-refractivity contribution in [3.63, 3.8) is 0 Å². The molecule has 3 unspecified atom stereocenters. The maximum Gasteiger partial charge on any atom is 0.0652 e. The molecule has 30 heavy (non-hydrogen) atoms. The van der Waals surface area contributed by atoms with Crippen LogP contribution >= 0.6 is 0 Å². The standard InChI is InChI=1S/C28H56O2/c1-9-24(5)29-21-20-28(7,8)30-25(6)27-18-16-26(17-19-27)15-11-14-23(4)13-10-12-22(2)3/h22-27H,9-21H2,1-8H3. The third-order valence-electron chi connectivity index (χ3n) is 7.53. The highest BCUT2D eigenvalue weighted by Gasteiger charge is 2.30. The first kappa shape index (κ1) is 28.0. The van der Waals surface area contributed by atoms with Gasteiger partial charge in [0.1, 0.15) is 0 Å². The zero-order valence-electron chi connectivity index (χ0n) is 22.0. The Kier molecular flexibility index (Phi) is 13.9. The summed E-state index contributed by atoms with van der Waals surface area (Å²) in [5, 5.41) is 0. The highest BCUT2D eigenvalue weighted by Crippen LogP contribution is 2.36. The van der Waals surface area contributed by atoms with E-state index >= 15 is 0 Å². The van der Waals surface area contributed by atoms with E-state index in [0.717, 1.165) is 43.1 Å². The number of ether oxygens (including phenoxy) is 2. The Hall–Kier alpha value is -0.0800. The van der Waals surface area contributed by atoms with Crippen molar-refractivity contribution in [3.05, 3.63) is 0 Å². The molecule has 3 atom stereocenters. The van der Waals surface area contributed by atoms with E-state index in [1.165, 1.54) is 64.2 Å². The molecule has 0 heterocycles. The molecule has 1 rings (SSSR count). The molecule has 0 spiro atoms. The second-order valence-electron chi connectivity index (χ2n) is 11.6. The Balaban J connectivity index is 2.18. The first-order valence-corrected chi connectivity index (χ1v) is 13.4. The van der Waals surface area contributed by atoms with Gasteiger partial charge in [-0.1, -0.05) is 79.1 Å². The second kappa shape index (κ2) is 14.9. The predicted molar refractivity (Wildman–Crippen MR) is 132 cm³/mol. The first-order valence-electron chi connectivity index (χ1n) is 13.4. The SMILES string of the molecule is CCC(C)OCCC(C)(C)OC(C)C1CCC(CCCC(C)CCCC(C)C)CC1. The summed E-state index contributed by atoms with van der Waals surface area (Å²) in [6.45, 7) is 19.1. The normalized spacial score (nSPS) is 23.5. The molecule has 1 aliphatic carbocycles. The average Bonchev–Trinajstić information content (AvgIpc) is 2.67. The van der Waals surface area contributed by atoms with E-state index < -0.39 is 0 Å². The van der Waals surface area contributed by atoms with Crippen molar-refractivity contribution in [3.8, 4) is 0 Å². The molecule has 0 aliphatic heterocycles. The van der Waals surface area contributed by atoms with Crippen LogP contribution in [0.15, 0.2) is 0 Å². The molecule has 0 N–H and O–H groups in total. The largest absolute Gasteiger partial charge is 0.378 e. The summed E-state index contributed by atoms with van der Waals surface area (Å²) < 4.78 is 12.4. The van der Waals surface area contributed by atoms with E-state index in [-0.39, 0.29) is 5.60 Å². The van der Waals surface area contributed by atoms with Crippen LogP contribution < -0.4 is 0 Å². The molecule has 180 valence electrons. The van der Waals surface area contributed by atoms with Gasteiger partial charge in [-0.15, -0.1) is 0 Å². The van der Waals surface area contributed by atoms with E-state index in [0.29, 0.717) is 12.2 Å². The van der Waals surface area contributed by atoms with Gasteiger partial charge in [-0.05, 0) is 77.0 Å². The minimum absolute atomic E-state index is 0.0879. The lowest BCUT2D eigenvalue weighted by Gasteiger charge is -2.37. The Labute approximate surface area is 190 Å². The van der Waals surface area contributed by atoms with E-state index in [1.807, 2.05) is 0 Å². The van der Waals surface area contributed by atoms with Crippen LogP contribution in [0.25, 0.3) is 0 Å². The molecule has 0 aromatic rings. The third-order valence-corrected chi connectivity index (χ3v) is 7.53. The highest BCUT2D eigenvalue weighted by molar-refractivity contribution is 4.79. The van der Waals surface area contributed by atoms with Crippen LogP contribution in [-0.4, -0.2) is 24.4 Å². The molecule has 0 aromatic heterocycles. The van der Waals surface area contributed by atoms with Gasteiger partial charge in [0.05, 0.1) is 17.8 Å². The molecule has 2 heteroatoms. The fourth-order valence-electron chi connectivity index (χ4n) is 5.00. The van der Waals surface area contributed by atoms with Crippen molar-refractivity contribution in [1.82, 2.24) is 0 Å². The van der Waals surface area contributed by atoms with Crippen LogP contribution in [0, 0.1) is 23.7 Å². The van der Waals surface area contributed by atoms with Crippen molar-refractivity contribution >= 4 is 0 Å². The Bertz CT molecular complexity index is 409. The highest BCUT2D eigenvalue weighted by atomic mass is 16.5. The average molecular weight is 425 g/mol. The van der Waals surface area contributed by atoms with Crippen LogP contribution in [0.1, 0.15) is 132 Å². The Morgan fingerprint density at radius 2 is 1.50 bits per heavy atom. The zero-order valence-corrected chi connectivity index (χ0v) is 22.0. The minimum atomic E-state index is -0.0879. The molecule has 0 saturated heterocycles. The summed E-state index contributed by atoms with van der Waals surface area (Å²) in [7, 11) is 0. The molecule has 1 fully saturated rings. The molecular formula is C28H56O2. The fraction of sp³-hybridized carbons (Fsp3) is 1.00. The van der Waals surface area contributed by atoms with Gasteiger partial charge >= 0.3 is 0 Å². The van der Waals surface area contributed by atoms with Crippen molar-refractivity contribution in [2.24, 2.45) is 23.7 Å². The molecule has 0 aromatic carbocycles. The van der Waals surface area contributed by atoms with Gasteiger partial charge in [0.15, 0.2) is 0 Å². The second-order valence-corrected chi connectivity index (χ2v) is 11.6. The smallest absolute Gasteiger partial charge is 0.0652 e. The summed E-state index contributed by atoms with van der Waals surface area (Å²) in [6.07, 6.45) is 16.9. The first-order chi connectivity index (χ1) is 14.1. The van der Waals surface area contributed by atoms with E-state index in [1.54, 1.807) is 0 Å². The zero-order chi connectivity index (χ0) is 22.6. The summed E-state index contributed by atoms with van der Waals surface area (Å²) in [6, 6.07) is 0. The minimum Gasteiger partial charge on any atom is -0.378 e. The Morgan fingerprint density at radius 1 is 0.867 bits per heavy atom. The van der Waals surface area contributed by atoms with Crippen LogP contribution in [0.4, 0.5) is 0 Å². The molecule has 0 amide bonds.